The van der Waals surface area contributed by atoms with Crippen LogP contribution in [0.25, 0.3) is 0 Å². The van der Waals surface area contributed by atoms with Crippen molar-refractivity contribution in [1.82, 2.24) is 4.90 Å². The molecule has 0 aliphatic carbocycles. The Balaban J connectivity index is 1.94. The maximum Gasteiger partial charge on any atom is 0.224 e. The van der Waals surface area contributed by atoms with Crippen LogP contribution in [0.4, 0.5) is 0 Å². The summed E-state index contributed by atoms with van der Waals surface area (Å²) in [5.41, 5.74) is 7.08. The number of carbonyl (C=O) groups excluding carboxylic acids is 1. The molecule has 1 heterocycles. The number of ether oxygens (including phenoxy) is 1. The van der Waals surface area contributed by atoms with E-state index in [-0.39, 0.29) is 18.0 Å². The number of amides is 1. The first-order chi connectivity index (χ1) is 8.68. The van der Waals surface area contributed by atoms with E-state index in [4.69, 9.17) is 10.5 Å². The Morgan fingerprint density at radius 2 is 2.22 bits per heavy atom. The molecule has 2 N–H and O–H groups in total. The molecule has 0 aromatic heterocycles. The van der Waals surface area contributed by atoms with Gasteiger partial charge in [0.15, 0.2) is 0 Å². The summed E-state index contributed by atoms with van der Waals surface area (Å²) in [5, 5.41) is 0. The van der Waals surface area contributed by atoms with Gasteiger partial charge in [-0.05, 0) is 12.5 Å². The first-order valence-electron chi connectivity index (χ1n) is 6.36. The van der Waals surface area contributed by atoms with Crippen LogP contribution in [0.1, 0.15) is 24.9 Å². The largest absolute Gasteiger partial charge is 0.377 e. The lowest BCUT2D eigenvalue weighted by Crippen LogP contribution is -2.47. The van der Waals surface area contributed by atoms with Gasteiger partial charge in [0.1, 0.15) is 0 Å². The molecule has 98 valence electrons. The predicted molar refractivity (Wildman–Crippen MR) is 70.0 cm³/mol. The third-order valence-electron chi connectivity index (χ3n) is 3.31. The molecule has 1 amide bonds. The Labute approximate surface area is 108 Å². The summed E-state index contributed by atoms with van der Waals surface area (Å²) in [6.07, 6.45) is 0.356. The molecule has 0 bridgehead atoms. The van der Waals surface area contributed by atoms with Crippen molar-refractivity contribution < 1.29 is 9.53 Å². The smallest absolute Gasteiger partial charge is 0.224 e. The van der Waals surface area contributed by atoms with Crippen LogP contribution in [-0.4, -0.2) is 36.6 Å². The Morgan fingerprint density at radius 3 is 2.89 bits per heavy atom. The van der Waals surface area contributed by atoms with Crippen molar-refractivity contribution in [2.45, 2.75) is 25.4 Å². The van der Waals surface area contributed by atoms with Gasteiger partial charge in [0, 0.05) is 19.0 Å². The molecule has 4 heteroatoms. The van der Waals surface area contributed by atoms with Gasteiger partial charge in [-0.25, -0.2) is 0 Å². The molecule has 1 aliphatic heterocycles. The summed E-state index contributed by atoms with van der Waals surface area (Å²) in [6.45, 7) is 3.91. The molecule has 18 heavy (non-hydrogen) atoms. The molecule has 1 aromatic carbocycles. The first kappa shape index (κ1) is 13.1. The number of carbonyl (C=O) groups is 1. The second kappa shape index (κ2) is 5.98. The minimum absolute atomic E-state index is 0.113. The van der Waals surface area contributed by atoms with Crippen LogP contribution in [0.5, 0.6) is 0 Å². The van der Waals surface area contributed by atoms with Gasteiger partial charge in [-0.1, -0.05) is 30.3 Å². The van der Waals surface area contributed by atoms with Gasteiger partial charge >= 0.3 is 0 Å². The molecule has 1 aromatic rings. The van der Waals surface area contributed by atoms with Crippen molar-refractivity contribution >= 4 is 5.91 Å². The van der Waals surface area contributed by atoms with E-state index in [1.54, 1.807) is 0 Å². The molecule has 2 rings (SSSR count). The van der Waals surface area contributed by atoms with Crippen molar-refractivity contribution in [3.63, 3.8) is 0 Å². The molecule has 0 saturated carbocycles. The van der Waals surface area contributed by atoms with Crippen molar-refractivity contribution in [2.75, 3.05) is 19.8 Å². The maximum absolute atomic E-state index is 12.2. The summed E-state index contributed by atoms with van der Waals surface area (Å²) < 4.78 is 5.33. The molecule has 1 fully saturated rings. The van der Waals surface area contributed by atoms with E-state index >= 15 is 0 Å². The minimum Gasteiger partial charge on any atom is -0.377 e. The van der Waals surface area contributed by atoms with Crippen LogP contribution >= 0.6 is 0 Å². The fourth-order valence-electron chi connectivity index (χ4n) is 2.22. The Bertz CT molecular complexity index is 394. The summed E-state index contributed by atoms with van der Waals surface area (Å²) in [7, 11) is 0. The third-order valence-corrected chi connectivity index (χ3v) is 3.31. The monoisotopic (exact) mass is 248 g/mol. The second-order valence-electron chi connectivity index (χ2n) is 4.73. The molecular weight excluding hydrogens is 228 g/mol. The van der Waals surface area contributed by atoms with Gasteiger partial charge in [-0.15, -0.1) is 0 Å². The summed E-state index contributed by atoms with van der Waals surface area (Å²) in [5.74, 6) is 0.113. The number of morpholine rings is 1. The molecule has 1 aliphatic rings. The number of hydrogen-bond donors (Lipinski definition) is 1. The van der Waals surface area contributed by atoms with E-state index in [1.165, 1.54) is 0 Å². The molecular formula is C14H20N2O2. The standard InChI is InChI=1S/C14H20N2O2/c1-11-10-18-8-7-16(11)14(17)9-13(15)12-5-3-2-4-6-12/h2-6,11,13H,7-10,15H2,1H3/t11-,13+/m0/s1. The van der Waals surface area contributed by atoms with Crippen molar-refractivity contribution in [3.05, 3.63) is 35.9 Å². The molecule has 0 unspecified atom stereocenters. The van der Waals surface area contributed by atoms with Crippen LogP contribution < -0.4 is 5.73 Å². The number of nitrogens with zero attached hydrogens (tertiary/aromatic N) is 1. The minimum atomic E-state index is -0.228. The lowest BCUT2D eigenvalue weighted by atomic mass is 10.0. The molecule has 4 nitrogen and oxygen atoms in total. The molecule has 0 spiro atoms. The van der Waals surface area contributed by atoms with Crippen LogP contribution in [0, 0.1) is 0 Å². The van der Waals surface area contributed by atoms with Crippen LogP contribution in [0.3, 0.4) is 0 Å². The highest BCUT2D eigenvalue weighted by Gasteiger charge is 2.25. The lowest BCUT2D eigenvalue weighted by Gasteiger charge is -2.34. The van der Waals surface area contributed by atoms with Crippen LogP contribution in [0.2, 0.25) is 0 Å². The second-order valence-corrected chi connectivity index (χ2v) is 4.73. The summed E-state index contributed by atoms with van der Waals surface area (Å²) >= 11 is 0. The van der Waals surface area contributed by atoms with E-state index in [9.17, 15) is 4.79 Å². The first-order valence-corrected chi connectivity index (χ1v) is 6.36. The summed E-state index contributed by atoms with van der Waals surface area (Å²) in [6, 6.07) is 9.67. The Morgan fingerprint density at radius 1 is 1.50 bits per heavy atom. The highest BCUT2D eigenvalue weighted by Crippen LogP contribution is 2.16. The van der Waals surface area contributed by atoms with Gasteiger partial charge < -0.3 is 15.4 Å². The number of nitrogens with two attached hydrogens (primary N) is 1. The summed E-state index contributed by atoms with van der Waals surface area (Å²) in [4.78, 5) is 14.0. The Hall–Kier alpha value is -1.39. The van der Waals surface area contributed by atoms with E-state index in [1.807, 2.05) is 42.2 Å². The van der Waals surface area contributed by atoms with Gasteiger partial charge in [0.25, 0.3) is 0 Å². The maximum atomic E-state index is 12.2. The van der Waals surface area contributed by atoms with Crippen LogP contribution in [0.15, 0.2) is 30.3 Å². The number of rotatable bonds is 3. The van der Waals surface area contributed by atoms with Crippen molar-refractivity contribution in [1.29, 1.82) is 0 Å². The van der Waals surface area contributed by atoms with Crippen molar-refractivity contribution in [2.24, 2.45) is 5.73 Å². The fourth-order valence-corrected chi connectivity index (χ4v) is 2.22. The highest BCUT2D eigenvalue weighted by molar-refractivity contribution is 5.77. The van der Waals surface area contributed by atoms with Gasteiger partial charge in [0.05, 0.1) is 19.3 Å². The van der Waals surface area contributed by atoms with Gasteiger partial charge in [-0.3, -0.25) is 4.79 Å². The zero-order chi connectivity index (χ0) is 13.0. The highest BCUT2D eigenvalue weighted by atomic mass is 16.5. The van der Waals surface area contributed by atoms with Crippen LogP contribution in [-0.2, 0) is 9.53 Å². The number of hydrogen-bond acceptors (Lipinski definition) is 3. The number of benzene rings is 1. The van der Waals surface area contributed by atoms with Gasteiger partial charge in [-0.2, -0.15) is 0 Å². The predicted octanol–water partition coefficient (Wildman–Crippen LogP) is 1.32. The topological polar surface area (TPSA) is 55.6 Å². The third kappa shape index (κ3) is 3.09. The Kier molecular flexibility index (Phi) is 4.33. The average Bonchev–Trinajstić information content (AvgIpc) is 2.40. The van der Waals surface area contributed by atoms with Crippen molar-refractivity contribution in [3.8, 4) is 0 Å². The van der Waals surface area contributed by atoms with E-state index in [0.29, 0.717) is 26.2 Å². The van der Waals surface area contributed by atoms with E-state index in [2.05, 4.69) is 0 Å². The van der Waals surface area contributed by atoms with Gasteiger partial charge in [0.2, 0.25) is 5.91 Å². The average molecular weight is 248 g/mol. The zero-order valence-electron chi connectivity index (χ0n) is 10.7. The van der Waals surface area contributed by atoms with E-state index in [0.717, 1.165) is 5.56 Å². The normalized spacial score (nSPS) is 21.7. The quantitative estimate of drug-likeness (QED) is 0.878. The zero-order valence-corrected chi connectivity index (χ0v) is 10.7. The molecule has 2 atom stereocenters. The molecule has 1 saturated heterocycles. The van der Waals surface area contributed by atoms with E-state index < -0.39 is 0 Å². The molecule has 0 radical (unpaired) electrons. The SMILES string of the molecule is C[C@H]1COCCN1C(=O)C[C@@H](N)c1ccccc1. The fraction of sp³-hybridized carbons (Fsp3) is 0.500. The lowest BCUT2D eigenvalue weighted by molar-refractivity contribution is -0.139.